The summed E-state index contributed by atoms with van der Waals surface area (Å²) in [5, 5.41) is 2.16. The lowest BCUT2D eigenvalue weighted by molar-refractivity contribution is -0.138. The third-order valence-electron chi connectivity index (χ3n) is 4.55. The number of benzene rings is 3. The number of halogens is 6. The number of sulfonamides is 1. The highest BCUT2D eigenvalue weighted by atomic mass is 32.2. The van der Waals surface area contributed by atoms with E-state index in [2.05, 4.69) is 5.32 Å². The third kappa shape index (κ3) is 5.87. The molecule has 0 atom stereocenters. The lowest BCUT2D eigenvalue weighted by Gasteiger charge is -2.25. The van der Waals surface area contributed by atoms with Crippen molar-refractivity contribution < 1.29 is 39.6 Å². The van der Waals surface area contributed by atoms with Gasteiger partial charge in [-0.1, -0.05) is 30.3 Å². The first kappa shape index (κ1) is 25.1. The molecule has 34 heavy (non-hydrogen) atoms. The molecule has 12 heteroatoms. The van der Waals surface area contributed by atoms with Crippen molar-refractivity contribution in [2.45, 2.75) is 17.2 Å². The molecule has 1 amide bonds. The van der Waals surface area contributed by atoms with Crippen LogP contribution in [-0.2, 0) is 27.2 Å². The van der Waals surface area contributed by atoms with E-state index in [4.69, 9.17) is 0 Å². The summed E-state index contributed by atoms with van der Waals surface area (Å²) < 4.78 is 105. The number of hydrogen-bond acceptors (Lipinski definition) is 3. The van der Waals surface area contributed by atoms with Crippen LogP contribution in [0.3, 0.4) is 0 Å². The standard InChI is InChI=1S/C22H16F6N2O3S/c23-21(24,25)15-6-4-8-17(12-15)29-20(31)14-30(34(32,33)19-10-2-1-3-11-19)18-9-5-7-16(13-18)22(26,27)28/h1-13H,14H2,(H,29,31). The Morgan fingerprint density at radius 3 is 1.91 bits per heavy atom. The molecule has 0 aliphatic carbocycles. The number of carbonyl (C=O) groups is 1. The molecule has 0 saturated heterocycles. The maximum atomic E-state index is 13.2. The van der Waals surface area contributed by atoms with Gasteiger partial charge in [0.25, 0.3) is 10.0 Å². The minimum Gasteiger partial charge on any atom is -0.325 e. The summed E-state index contributed by atoms with van der Waals surface area (Å²) >= 11 is 0. The fourth-order valence-corrected chi connectivity index (χ4v) is 4.41. The van der Waals surface area contributed by atoms with E-state index in [-0.39, 0.29) is 10.6 Å². The zero-order valence-corrected chi connectivity index (χ0v) is 17.9. The SMILES string of the molecule is O=C(CN(c1cccc(C(F)(F)F)c1)S(=O)(=O)c1ccccc1)Nc1cccc(C(F)(F)F)c1. The van der Waals surface area contributed by atoms with Gasteiger partial charge in [0.2, 0.25) is 5.91 Å². The molecule has 3 aromatic carbocycles. The summed E-state index contributed by atoms with van der Waals surface area (Å²) in [5.74, 6) is -1.06. The lowest BCUT2D eigenvalue weighted by Crippen LogP contribution is -2.38. The molecule has 180 valence electrons. The van der Waals surface area contributed by atoms with E-state index >= 15 is 0 Å². The second kappa shape index (κ2) is 9.37. The van der Waals surface area contributed by atoms with Gasteiger partial charge in [-0.2, -0.15) is 26.3 Å². The predicted molar refractivity (Wildman–Crippen MR) is 112 cm³/mol. The molecule has 0 aromatic heterocycles. The van der Waals surface area contributed by atoms with E-state index in [9.17, 15) is 39.6 Å². The molecule has 0 spiro atoms. The molecular weight excluding hydrogens is 486 g/mol. The molecule has 0 bridgehead atoms. The highest BCUT2D eigenvalue weighted by Gasteiger charge is 2.34. The first-order valence-corrected chi connectivity index (χ1v) is 10.9. The highest BCUT2D eigenvalue weighted by molar-refractivity contribution is 7.92. The van der Waals surface area contributed by atoms with Crippen LogP contribution in [0.25, 0.3) is 0 Å². The summed E-state index contributed by atoms with van der Waals surface area (Å²) in [6, 6.07) is 13.7. The second-order valence-electron chi connectivity index (χ2n) is 7.00. The molecule has 0 saturated carbocycles. The maximum absolute atomic E-state index is 13.2. The van der Waals surface area contributed by atoms with E-state index in [1.54, 1.807) is 0 Å². The van der Waals surface area contributed by atoms with Crippen LogP contribution in [0.2, 0.25) is 0 Å². The lowest BCUT2D eigenvalue weighted by atomic mass is 10.2. The Bertz CT molecular complexity index is 1280. The van der Waals surface area contributed by atoms with Crippen LogP contribution in [-0.4, -0.2) is 20.9 Å². The van der Waals surface area contributed by atoms with E-state index in [0.717, 1.165) is 36.4 Å². The number of amides is 1. The number of rotatable bonds is 6. The first-order chi connectivity index (χ1) is 15.8. The van der Waals surface area contributed by atoms with E-state index in [0.29, 0.717) is 16.4 Å². The second-order valence-corrected chi connectivity index (χ2v) is 8.86. The fraction of sp³-hybridized carbons (Fsp3) is 0.136. The number of alkyl halides is 6. The molecule has 0 fully saturated rings. The summed E-state index contributed by atoms with van der Waals surface area (Å²) in [7, 11) is -4.51. The van der Waals surface area contributed by atoms with Crippen LogP contribution >= 0.6 is 0 Å². The van der Waals surface area contributed by atoms with Crippen LogP contribution in [0, 0.1) is 0 Å². The van der Waals surface area contributed by atoms with Gasteiger partial charge in [0.15, 0.2) is 0 Å². The molecule has 0 aliphatic rings. The van der Waals surface area contributed by atoms with Crippen LogP contribution in [0.15, 0.2) is 83.8 Å². The van der Waals surface area contributed by atoms with Crippen molar-refractivity contribution in [3.63, 3.8) is 0 Å². The summed E-state index contributed by atoms with van der Waals surface area (Å²) in [5.41, 5.74) is -2.90. The zero-order chi connectivity index (χ0) is 25.1. The molecule has 0 unspecified atom stereocenters. The molecule has 0 aliphatic heterocycles. The Hall–Kier alpha value is -3.54. The fourth-order valence-electron chi connectivity index (χ4n) is 2.98. The Morgan fingerprint density at radius 2 is 1.32 bits per heavy atom. The van der Waals surface area contributed by atoms with Gasteiger partial charge in [0.1, 0.15) is 6.54 Å². The van der Waals surface area contributed by atoms with Gasteiger partial charge < -0.3 is 5.32 Å². The molecule has 1 N–H and O–H groups in total. The van der Waals surface area contributed by atoms with Gasteiger partial charge in [0.05, 0.1) is 21.7 Å². The number of anilines is 2. The monoisotopic (exact) mass is 502 g/mol. The average molecular weight is 502 g/mol. The minimum absolute atomic E-state index is 0.263. The van der Waals surface area contributed by atoms with Gasteiger partial charge in [-0.3, -0.25) is 9.10 Å². The van der Waals surface area contributed by atoms with Gasteiger partial charge in [0, 0.05) is 5.69 Å². The van der Waals surface area contributed by atoms with Crippen LogP contribution in [0.1, 0.15) is 11.1 Å². The van der Waals surface area contributed by atoms with Crippen LogP contribution in [0.4, 0.5) is 37.7 Å². The Labute approximate surface area is 190 Å². The molecule has 3 rings (SSSR count). The predicted octanol–water partition coefficient (Wildman–Crippen LogP) is 5.56. The van der Waals surface area contributed by atoms with Crippen LogP contribution in [0.5, 0.6) is 0 Å². The van der Waals surface area contributed by atoms with Crippen molar-refractivity contribution in [1.29, 1.82) is 0 Å². The summed E-state index contributed by atoms with van der Waals surface area (Å²) in [4.78, 5) is 12.3. The number of carbonyl (C=O) groups excluding carboxylic acids is 1. The molecule has 0 radical (unpaired) electrons. The zero-order valence-electron chi connectivity index (χ0n) is 17.1. The van der Waals surface area contributed by atoms with Gasteiger partial charge >= 0.3 is 12.4 Å². The molecule has 0 heterocycles. The first-order valence-electron chi connectivity index (χ1n) is 9.50. The number of nitrogens with zero attached hydrogens (tertiary/aromatic N) is 1. The van der Waals surface area contributed by atoms with Crippen molar-refractivity contribution in [3.8, 4) is 0 Å². The van der Waals surface area contributed by atoms with Crippen molar-refractivity contribution >= 4 is 27.3 Å². The normalized spacial score (nSPS) is 12.3. The number of hydrogen-bond donors (Lipinski definition) is 1. The highest BCUT2D eigenvalue weighted by Crippen LogP contribution is 2.34. The Kier molecular flexibility index (Phi) is 6.92. The van der Waals surface area contributed by atoms with E-state index in [1.165, 1.54) is 30.3 Å². The van der Waals surface area contributed by atoms with Gasteiger partial charge in [-0.05, 0) is 48.5 Å². The smallest absolute Gasteiger partial charge is 0.325 e. The van der Waals surface area contributed by atoms with Gasteiger partial charge in [-0.15, -0.1) is 0 Å². The topological polar surface area (TPSA) is 66.5 Å². The average Bonchev–Trinajstić information content (AvgIpc) is 2.77. The quantitative estimate of drug-likeness (QED) is 0.449. The Morgan fingerprint density at radius 1 is 0.765 bits per heavy atom. The van der Waals surface area contributed by atoms with Crippen molar-refractivity contribution in [3.05, 3.63) is 90.0 Å². The van der Waals surface area contributed by atoms with Crippen LogP contribution < -0.4 is 9.62 Å². The maximum Gasteiger partial charge on any atom is 0.416 e. The largest absolute Gasteiger partial charge is 0.416 e. The Balaban J connectivity index is 1.98. The van der Waals surface area contributed by atoms with Gasteiger partial charge in [-0.25, -0.2) is 8.42 Å². The molecule has 5 nitrogen and oxygen atoms in total. The van der Waals surface area contributed by atoms with E-state index in [1.807, 2.05) is 0 Å². The third-order valence-corrected chi connectivity index (χ3v) is 6.34. The molecular formula is C22H16F6N2O3S. The van der Waals surface area contributed by atoms with Crippen molar-refractivity contribution in [2.75, 3.05) is 16.2 Å². The van der Waals surface area contributed by atoms with Crippen molar-refractivity contribution in [1.82, 2.24) is 0 Å². The summed E-state index contributed by atoms with van der Waals surface area (Å²) in [6.07, 6.45) is -9.46. The van der Waals surface area contributed by atoms with E-state index < -0.39 is 51.6 Å². The number of nitrogens with one attached hydrogen (secondary N) is 1. The molecule has 3 aromatic rings. The van der Waals surface area contributed by atoms with Crippen molar-refractivity contribution in [2.24, 2.45) is 0 Å². The minimum atomic E-state index is -4.78. The summed E-state index contributed by atoms with van der Waals surface area (Å²) in [6.45, 7) is -0.991.